The quantitative estimate of drug-likeness (QED) is 0.189. The Bertz CT molecular complexity index is 1160. The Labute approximate surface area is 285 Å². The lowest BCUT2D eigenvalue weighted by molar-refractivity contribution is -0.160. The zero-order valence-corrected chi connectivity index (χ0v) is 31.8. The van der Waals surface area contributed by atoms with Crippen molar-refractivity contribution in [2.24, 2.45) is 10.8 Å². The molecule has 0 amide bonds. The molecule has 9 heteroatoms. The van der Waals surface area contributed by atoms with Crippen LogP contribution in [0.5, 0.6) is 0 Å². The largest absolute Gasteiger partial charge is 0.461 e. The van der Waals surface area contributed by atoms with Gasteiger partial charge in [0.05, 0.1) is 13.1 Å². The maximum atomic E-state index is 13.3. The number of carbonyl (C=O) groups excluding carboxylic acids is 3. The zero-order chi connectivity index (χ0) is 35.8. The average molecular weight is 660 g/mol. The Morgan fingerprint density at radius 3 is 1.91 bits per heavy atom. The third-order valence-corrected chi connectivity index (χ3v) is 8.06. The van der Waals surface area contributed by atoms with Crippen molar-refractivity contribution in [3.05, 3.63) is 35.9 Å². The summed E-state index contributed by atoms with van der Waals surface area (Å²) >= 11 is 0. The van der Waals surface area contributed by atoms with Gasteiger partial charge in [-0.15, -0.1) is 0 Å². The van der Waals surface area contributed by atoms with Gasteiger partial charge in [-0.3, -0.25) is 29.1 Å². The summed E-state index contributed by atoms with van der Waals surface area (Å²) in [5.41, 5.74) is -1.01. The molecule has 47 heavy (non-hydrogen) atoms. The van der Waals surface area contributed by atoms with Gasteiger partial charge in [0.25, 0.3) is 0 Å². The molecular formula is C38H65N3O6. The monoisotopic (exact) mass is 659 g/mol. The molecule has 2 rings (SSSR count). The van der Waals surface area contributed by atoms with Crippen LogP contribution in [-0.2, 0) is 35.2 Å². The predicted octanol–water partition coefficient (Wildman–Crippen LogP) is 6.33. The van der Waals surface area contributed by atoms with E-state index in [2.05, 4.69) is 63.2 Å². The lowest BCUT2D eigenvalue weighted by Gasteiger charge is -2.48. The molecule has 0 aromatic heterocycles. The molecule has 0 spiro atoms. The lowest BCUT2D eigenvalue weighted by atomic mass is 9.81. The van der Waals surface area contributed by atoms with Crippen LogP contribution >= 0.6 is 0 Å². The first kappa shape index (κ1) is 40.7. The second kappa shape index (κ2) is 16.3. The van der Waals surface area contributed by atoms with E-state index in [1.165, 1.54) is 0 Å². The SMILES string of the molecule is CC(C)(C)CN(CC(=O)OC(C)(C)C)C1(C)CN(CC(=O)OC(C)(C)C)CCN(C(CCC(=O)OCc2ccccc2)C(C)(C)C)C1. The molecule has 1 fully saturated rings. The minimum absolute atomic E-state index is 0.0468. The molecule has 1 saturated heterocycles. The highest BCUT2D eigenvalue weighted by Crippen LogP contribution is 2.34. The van der Waals surface area contributed by atoms with Gasteiger partial charge in [-0.25, -0.2) is 0 Å². The molecule has 1 aliphatic rings. The van der Waals surface area contributed by atoms with E-state index in [0.29, 0.717) is 45.6 Å². The molecule has 1 aromatic carbocycles. The first-order chi connectivity index (χ1) is 21.4. The number of hydrogen-bond acceptors (Lipinski definition) is 9. The Kier molecular flexibility index (Phi) is 14.1. The molecule has 0 radical (unpaired) electrons. The van der Waals surface area contributed by atoms with Crippen LogP contribution in [0.25, 0.3) is 0 Å². The molecule has 268 valence electrons. The van der Waals surface area contributed by atoms with Gasteiger partial charge in [0, 0.05) is 50.7 Å². The van der Waals surface area contributed by atoms with E-state index >= 15 is 0 Å². The molecule has 0 bridgehead atoms. The summed E-state index contributed by atoms with van der Waals surface area (Å²) < 4.78 is 17.2. The topological polar surface area (TPSA) is 88.6 Å². The molecular weight excluding hydrogens is 594 g/mol. The summed E-state index contributed by atoms with van der Waals surface area (Å²) in [5, 5.41) is 0. The average Bonchev–Trinajstić information content (AvgIpc) is 3.03. The van der Waals surface area contributed by atoms with E-state index in [9.17, 15) is 14.4 Å². The molecule has 0 N–H and O–H groups in total. The van der Waals surface area contributed by atoms with Crippen LogP contribution in [0.1, 0.15) is 108 Å². The maximum Gasteiger partial charge on any atom is 0.320 e. The molecule has 9 nitrogen and oxygen atoms in total. The zero-order valence-electron chi connectivity index (χ0n) is 31.8. The van der Waals surface area contributed by atoms with Crippen LogP contribution in [0.3, 0.4) is 0 Å². The summed E-state index contributed by atoms with van der Waals surface area (Å²) in [7, 11) is 0. The van der Waals surface area contributed by atoms with Crippen molar-refractivity contribution in [3.63, 3.8) is 0 Å². The van der Waals surface area contributed by atoms with Crippen molar-refractivity contribution in [1.82, 2.24) is 14.7 Å². The number of ether oxygens (including phenoxy) is 3. The minimum atomic E-state index is -0.601. The normalized spacial score (nSPS) is 19.6. The minimum Gasteiger partial charge on any atom is -0.461 e. The number of benzene rings is 1. The van der Waals surface area contributed by atoms with Crippen LogP contribution in [0.15, 0.2) is 30.3 Å². The van der Waals surface area contributed by atoms with Crippen LogP contribution in [0, 0.1) is 10.8 Å². The van der Waals surface area contributed by atoms with Crippen molar-refractivity contribution in [2.75, 3.05) is 45.8 Å². The van der Waals surface area contributed by atoms with Gasteiger partial charge in [0.15, 0.2) is 0 Å². The molecule has 1 aromatic rings. The lowest BCUT2D eigenvalue weighted by Crippen LogP contribution is -2.62. The summed E-state index contributed by atoms with van der Waals surface area (Å²) in [5.74, 6) is -0.756. The standard InChI is InChI=1S/C38H65N3O6/c1-34(2,3)26-41(24-33(44)47-37(10,11)12)38(13)27-39(23-32(43)46-36(7,8)9)21-22-40(28-38)30(35(4,5)6)19-20-31(42)45-25-29-17-15-14-16-18-29/h14-18,30H,19-28H2,1-13H3. The Hall–Kier alpha value is -2.49. The highest BCUT2D eigenvalue weighted by Gasteiger charge is 2.44. The number of esters is 3. The Balaban J connectivity index is 2.42. The Morgan fingerprint density at radius 2 is 1.38 bits per heavy atom. The van der Waals surface area contributed by atoms with Crippen molar-refractivity contribution < 1.29 is 28.6 Å². The highest BCUT2D eigenvalue weighted by atomic mass is 16.6. The molecule has 1 heterocycles. The van der Waals surface area contributed by atoms with Crippen LogP contribution in [-0.4, -0.2) is 101 Å². The summed E-state index contributed by atoms with van der Waals surface area (Å²) in [6, 6.07) is 9.77. The number of rotatable bonds is 12. The van der Waals surface area contributed by atoms with Gasteiger partial charge in [-0.1, -0.05) is 71.9 Å². The fourth-order valence-corrected chi connectivity index (χ4v) is 6.32. The van der Waals surface area contributed by atoms with Crippen LogP contribution in [0.2, 0.25) is 0 Å². The van der Waals surface area contributed by atoms with E-state index in [-0.39, 0.29) is 54.5 Å². The first-order valence-corrected chi connectivity index (χ1v) is 17.2. The molecule has 0 saturated carbocycles. The summed E-state index contributed by atoms with van der Waals surface area (Å²) in [6.45, 7) is 30.4. The fraction of sp³-hybridized carbons (Fsp3) is 0.763. The van der Waals surface area contributed by atoms with Gasteiger partial charge in [-0.2, -0.15) is 0 Å². The second-order valence-corrected chi connectivity index (χ2v) is 17.8. The van der Waals surface area contributed by atoms with Gasteiger partial charge >= 0.3 is 17.9 Å². The van der Waals surface area contributed by atoms with Gasteiger partial charge in [0.1, 0.15) is 17.8 Å². The third kappa shape index (κ3) is 15.5. The number of nitrogens with zero attached hydrogens (tertiary/aromatic N) is 3. The van der Waals surface area contributed by atoms with Gasteiger partial charge in [0.2, 0.25) is 0 Å². The van der Waals surface area contributed by atoms with Gasteiger partial charge < -0.3 is 14.2 Å². The van der Waals surface area contributed by atoms with Crippen LogP contribution < -0.4 is 0 Å². The van der Waals surface area contributed by atoms with Crippen molar-refractivity contribution in [3.8, 4) is 0 Å². The maximum absolute atomic E-state index is 13.3. The number of hydrogen-bond donors (Lipinski definition) is 0. The third-order valence-electron chi connectivity index (χ3n) is 8.06. The highest BCUT2D eigenvalue weighted by molar-refractivity contribution is 5.73. The number of carbonyl (C=O) groups is 3. The van der Waals surface area contributed by atoms with Gasteiger partial charge in [-0.05, 0) is 71.3 Å². The first-order valence-electron chi connectivity index (χ1n) is 17.2. The predicted molar refractivity (Wildman–Crippen MR) is 188 cm³/mol. The summed E-state index contributed by atoms with van der Waals surface area (Å²) in [4.78, 5) is 46.2. The molecule has 2 unspecified atom stereocenters. The second-order valence-electron chi connectivity index (χ2n) is 17.8. The van der Waals surface area contributed by atoms with E-state index in [4.69, 9.17) is 14.2 Å². The summed E-state index contributed by atoms with van der Waals surface area (Å²) in [6.07, 6.45) is 0.928. The van der Waals surface area contributed by atoms with Crippen molar-refractivity contribution in [1.29, 1.82) is 0 Å². The van der Waals surface area contributed by atoms with E-state index in [1.54, 1.807) is 0 Å². The van der Waals surface area contributed by atoms with Crippen molar-refractivity contribution in [2.45, 2.75) is 132 Å². The Morgan fingerprint density at radius 1 is 0.809 bits per heavy atom. The van der Waals surface area contributed by atoms with E-state index in [0.717, 1.165) is 5.56 Å². The van der Waals surface area contributed by atoms with E-state index < -0.39 is 16.7 Å². The van der Waals surface area contributed by atoms with Crippen molar-refractivity contribution >= 4 is 17.9 Å². The van der Waals surface area contributed by atoms with E-state index in [1.807, 2.05) is 71.9 Å². The molecule has 0 aliphatic carbocycles. The fourth-order valence-electron chi connectivity index (χ4n) is 6.32. The molecule has 2 atom stereocenters. The molecule has 1 aliphatic heterocycles. The smallest absolute Gasteiger partial charge is 0.320 e. The van der Waals surface area contributed by atoms with Crippen LogP contribution in [0.4, 0.5) is 0 Å².